The number of aromatic nitrogens is 4. The van der Waals surface area contributed by atoms with Crippen LogP contribution in [0.4, 0.5) is 5.69 Å². The fraction of sp³-hybridized carbons (Fsp3) is 0. The van der Waals surface area contributed by atoms with Crippen molar-refractivity contribution in [2.45, 2.75) is 0 Å². The summed E-state index contributed by atoms with van der Waals surface area (Å²) < 4.78 is 8.55. The molecule has 0 saturated carbocycles. The maximum Gasteiger partial charge on any atom is 0.282 e. The average Bonchev–Trinajstić information content (AvgIpc) is 3.25. The van der Waals surface area contributed by atoms with Gasteiger partial charge in [-0.3, -0.25) is 10.1 Å². The third-order valence-corrected chi connectivity index (χ3v) is 5.15. The topological polar surface area (TPSA) is 94.7 Å². The molecular weight excluding hydrogens is 342 g/mol. The largest absolute Gasteiger partial charge is 0.282 e. The van der Waals surface area contributed by atoms with Gasteiger partial charge >= 0.3 is 0 Å². The molecule has 0 aliphatic heterocycles. The van der Waals surface area contributed by atoms with E-state index in [1.54, 1.807) is 17.8 Å². The van der Waals surface area contributed by atoms with Crippen LogP contribution in [-0.2, 0) is 0 Å². The second kappa shape index (κ2) is 5.16. The van der Waals surface area contributed by atoms with Gasteiger partial charge in [0.1, 0.15) is 26.6 Å². The van der Waals surface area contributed by atoms with Crippen LogP contribution in [0.1, 0.15) is 0 Å². The summed E-state index contributed by atoms with van der Waals surface area (Å²) in [6, 6.07) is 1.51. The molecule has 22 heavy (non-hydrogen) atoms. The highest BCUT2D eigenvalue weighted by Gasteiger charge is 2.26. The van der Waals surface area contributed by atoms with Crippen molar-refractivity contribution in [2.24, 2.45) is 0 Å². The molecule has 4 rings (SSSR count). The number of nitrogens with zero attached hydrogens (tertiary/aromatic N) is 5. The molecule has 10 heteroatoms. The van der Waals surface area contributed by atoms with Crippen LogP contribution >= 0.6 is 34.4 Å². The molecule has 0 saturated heterocycles. The molecule has 3 heterocycles. The molecule has 0 aliphatic rings. The van der Waals surface area contributed by atoms with Crippen LogP contribution in [0.3, 0.4) is 0 Å². The molecule has 0 atom stereocenters. The van der Waals surface area contributed by atoms with Gasteiger partial charge in [0.25, 0.3) is 5.69 Å². The lowest BCUT2D eigenvalue weighted by molar-refractivity contribution is -0.384. The molecule has 0 radical (unpaired) electrons. The number of rotatable bonds is 3. The van der Waals surface area contributed by atoms with Gasteiger partial charge in [-0.25, -0.2) is 9.97 Å². The fourth-order valence-corrected chi connectivity index (χ4v) is 4.06. The van der Waals surface area contributed by atoms with Crippen LogP contribution in [0.25, 0.3) is 32.2 Å². The summed E-state index contributed by atoms with van der Waals surface area (Å²) in [7, 11) is 0. The normalized spacial score (nSPS) is 11.1. The summed E-state index contributed by atoms with van der Waals surface area (Å²) in [4.78, 5) is 19.5. The van der Waals surface area contributed by atoms with E-state index in [2.05, 4.69) is 18.7 Å². The maximum absolute atomic E-state index is 11.5. The zero-order valence-electron chi connectivity index (χ0n) is 10.7. The van der Waals surface area contributed by atoms with Crippen LogP contribution in [0, 0.1) is 10.1 Å². The predicted octanol–water partition coefficient (Wildman–Crippen LogP) is 3.85. The van der Waals surface area contributed by atoms with Crippen LogP contribution < -0.4 is 0 Å². The summed E-state index contributed by atoms with van der Waals surface area (Å²) in [5.74, 6) is 0. The number of nitro benzene ring substituents is 1. The van der Waals surface area contributed by atoms with Crippen molar-refractivity contribution >= 4 is 51.1 Å². The Kier molecular flexibility index (Phi) is 3.13. The van der Waals surface area contributed by atoms with Gasteiger partial charge in [-0.2, -0.15) is 8.75 Å². The number of hydrogen-bond acceptors (Lipinski definition) is 9. The number of thiazole rings is 2. The van der Waals surface area contributed by atoms with Crippen molar-refractivity contribution in [1.82, 2.24) is 18.7 Å². The highest BCUT2D eigenvalue weighted by atomic mass is 32.1. The minimum Gasteiger partial charge on any atom is -0.258 e. The summed E-state index contributed by atoms with van der Waals surface area (Å²) >= 11 is 3.77. The number of nitro groups is 1. The third-order valence-electron chi connectivity index (χ3n) is 3.02. The maximum atomic E-state index is 11.5. The van der Waals surface area contributed by atoms with E-state index < -0.39 is 4.92 Å². The zero-order valence-corrected chi connectivity index (χ0v) is 13.1. The Balaban J connectivity index is 2.13. The molecule has 0 fully saturated rings. The molecule has 4 aromatic rings. The minimum absolute atomic E-state index is 0.0275. The zero-order chi connectivity index (χ0) is 15.1. The predicted molar refractivity (Wildman–Crippen MR) is 86.3 cm³/mol. The monoisotopic (exact) mass is 347 g/mol. The Morgan fingerprint density at radius 1 is 1.00 bits per heavy atom. The van der Waals surface area contributed by atoms with Gasteiger partial charge in [0.2, 0.25) is 0 Å². The van der Waals surface area contributed by atoms with Crippen LogP contribution in [-0.4, -0.2) is 23.6 Å². The van der Waals surface area contributed by atoms with Crippen molar-refractivity contribution in [2.75, 3.05) is 0 Å². The Hall–Kier alpha value is -2.30. The first-order valence-corrected chi connectivity index (χ1v) is 8.48. The van der Waals surface area contributed by atoms with E-state index in [1.165, 1.54) is 28.7 Å². The van der Waals surface area contributed by atoms with Crippen LogP contribution in [0.2, 0.25) is 0 Å². The van der Waals surface area contributed by atoms with E-state index in [4.69, 9.17) is 0 Å². The van der Waals surface area contributed by atoms with Gasteiger partial charge in [0, 0.05) is 34.8 Å². The van der Waals surface area contributed by atoms with E-state index in [0.29, 0.717) is 32.2 Å². The van der Waals surface area contributed by atoms with Gasteiger partial charge in [-0.15, -0.1) is 22.7 Å². The van der Waals surface area contributed by atoms with Crippen molar-refractivity contribution < 1.29 is 4.92 Å². The highest BCUT2D eigenvalue weighted by Crippen LogP contribution is 2.42. The Labute approximate surface area is 135 Å². The summed E-state index contributed by atoms with van der Waals surface area (Å²) in [6.07, 6.45) is 3.27. The number of benzene rings is 1. The van der Waals surface area contributed by atoms with Crippen LogP contribution in [0.15, 0.2) is 29.2 Å². The lowest BCUT2D eigenvalue weighted by Crippen LogP contribution is -1.95. The Morgan fingerprint density at radius 2 is 1.68 bits per heavy atom. The molecule has 108 valence electrons. The average molecular weight is 347 g/mol. The molecule has 0 spiro atoms. The molecule has 0 bridgehead atoms. The third kappa shape index (κ3) is 2.00. The van der Waals surface area contributed by atoms with E-state index in [9.17, 15) is 10.1 Å². The molecule has 0 unspecified atom stereocenters. The van der Waals surface area contributed by atoms with Gasteiger partial charge in [-0.05, 0) is 0 Å². The Morgan fingerprint density at radius 3 is 2.32 bits per heavy atom. The summed E-state index contributed by atoms with van der Waals surface area (Å²) in [5.41, 5.74) is 2.14. The second-order valence-corrected chi connectivity index (χ2v) is 6.53. The van der Waals surface area contributed by atoms with Gasteiger partial charge in [-0.1, -0.05) is 0 Å². The first kappa shape index (κ1) is 13.4. The standard InChI is InChI=1S/C12H5N5O2S3/c18-17(19)7-5-6(11-13-1-3-20-11)9-10(16-22-15-9)8(7)12-14-2-4-21-12/h1-5H. The number of fused-ring (bicyclic) bond motifs is 1. The van der Waals surface area contributed by atoms with E-state index >= 15 is 0 Å². The fourth-order valence-electron chi connectivity index (χ4n) is 2.15. The van der Waals surface area contributed by atoms with Crippen LogP contribution in [0.5, 0.6) is 0 Å². The molecule has 1 aromatic carbocycles. The first-order chi connectivity index (χ1) is 10.8. The minimum atomic E-state index is -0.410. The number of hydrogen-bond donors (Lipinski definition) is 0. The lowest BCUT2D eigenvalue weighted by Gasteiger charge is -2.04. The quantitative estimate of drug-likeness (QED) is 0.413. The van der Waals surface area contributed by atoms with Gasteiger partial charge < -0.3 is 0 Å². The van der Waals surface area contributed by atoms with E-state index in [0.717, 1.165) is 11.7 Å². The molecule has 7 nitrogen and oxygen atoms in total. The lowest BCUT2D eigenvalue weighted by atomic mass is 10.1. The molecule has 0 aliphatic carbocycles. The SMILES string of the molecule is O=[N+]([O-])c1cc(-c2nccs2)c2nsnc2c1-c1nccs1. The Bertz CT molecular complexity index is 962. The smallest absolute Gasteiger partial charge is 0.258 e. The van der Waals surface area contributed by atoms with Gasteiger partial charge in [0.15, 0.2) is 0 Å². The molecule has 0 amide bonds. The van der Waals surface area contributed by atoms with Crippen molar-refractivity contribution in [1.29, 1.82) is 0 Å². The van der Waals surface area contributed by atoms with Crippen molar-refractivity contribution in [3.63, 3.8) is 0 Å². The van der Waals surface area contributed by atoms with Gasteiger partial charge in [0.05, 0.1) is 16.7 Å². The first-order valence-electron chi connectivity index (χ1n) is 5.99. The second-order valence-electron chi connectivity index (χ2n) is 4.21. The summed E-state index contributed by atoms with van der Waals surface area (Å²) in [6.45, 7) is 0. The molecule has 0 N–H and O–H groups in total. The van der Waals surface area contributed by atoms with E-state index in [1.807, 2.05) is 5.38 Å². The molecule has 3 aromatic heterocycles. The van der Waals surface area contributed by atoms with E-state index in [-0.39, 0.29) is 5.69 Å². The molecular formula is C12H5N5O2S3. The van der Waals surface area contributed by atoms with Crippen molar-refractivity contribution in [3.05, 3.63) is 39.3 Å². The van der Waals surface area contributed by atoms with Crippen molar-refractivity contribution in [3.8, 4) is 21.1 Å². The summed E-state index contributed by atoms with van der Waals surface area (Å²) in [5, 5.41) is 16.4. The highest BCUT2D eigenvalue weighted by molar-refractivity contribution is 7.13.